The Morgan fingerprint density at radius 3 is 2.00 bits per heavy atom. The Labute approximate surface area is 126 Å². The Balaban J connectivity index is 2.72. The van der Waals surface area contributed by atoms with Crippen LogP contribution in [-0.2, 0) is 6.42 Å². The van der Waals surface area contributed by atoms with Crippen molar-refractivity contribution in [3.05, 3.63) is 35.4 Å². The molecule has 0 fully saturated rings. The minimum absolute atomic E-state index is 0.583. The molecule has 0 saturated heterocycles. The molecule has 0 aliphatic heterocycles. The number of hydrogen-bond donors (Lipinski definition) is 1. The SMILES string of the molecule is CCCNC(Cc1ccc(C(C)C)cc1)C(C)C(C)C. The van der Waals surface area contributed by atoms with Crippen LogP contribution in [0.2, 0.25) is 0 Å². The molecule has 114 valence electrons. The van der Waals surface area contributed by atoms with E-state index in [1.54, 1.807) is 0 Å². The lowest BCUT2D eigenvalue weighted by atomic mass is 9.86. The van der Waals surface area contributed by atoms with E-state index in [0.29, 0.717) is 17.9 Å². The fourth-order valence-electron chi connectivity index (χ4n) is 2.53. The van der Waals surface area contributed by atoms with Crippen molar-refractivity contribution in [2.75, 3.05) is 6.54 Å². The largest absolute Gasteiger partial charge is 0.313 e. The maximum Gasteiger partial charge on any atom is 0.0135 e. The van der Waals surface area contributed by atoms with Crippen LogP contribution >= 0.6 is 0 Å². The monoisotopic (exact) mass is 275 g/mol. The number of rotatable bonds is 8. The molecule has 1 N–H and O–H groups in total. The quantitative estimate of drug-likeness (QED) is 0.703. The number of hydrogen-bond acceptors (Lipinski definition) is 1. The van der Waals surface area contributed by atoms with Crippen LogP contribution in [0.25, 0.3) is 0 Å². The highest BCUT2D eigenvalue weighted by atomic mass is 14.9. The molecule has 1 heteroatoms. The summed E-state index contributed by atoms with van der Waals surface area (Å²) in [6, 6.07) is 9.78. The van der Waals surface area contributed by atoms with Crippen LogP contribution in [0.4, 0.5) is 0 Å². The first-order valence-corrected chi connectivity index (χ1v) is 8.27. The summed E-state index contributed by atoms with van der Waals surface area (Å²) in [5, 5.41) is 3.74. The third kappa shape index (κ3) is 5.28. The highest BCUT2D eigenvalue weighted by Crippen LogP contribution is 2.20. The second-order valence-corrected chi connectivity index (χ2v) is 6.76. The van der Waals surface area contributed by atoms with Gasteiger partial charge in [-0.2, -0.15) is 0 Å². The summed E-state index contributed by atoms with van der Waals surface area (Å²) in [7, 11) is 0. The van der Waals surface area contributed by atoms with Crippen molar-refractivity contribution in [2.45, 2.75) is 66.3 Å². The van der Waals surface area contributed by atoms with Gasteiger partial charge in [0, 0.05) is 6.04 Å². The molecule has 0 spiro atoms. The molecule has 0 aliphatic rings. The molecule has 1 nitrogen and oxygen atoms in total. The Bertz CT molecular complexity index is 364. The molecule has 1 aromatic carbocycles. The zero-order valence-corrected chi connectivity index (χ0v) is 14.2. The van der Waals surface area contributed by atoms with Crippen molar-refractivity contribution >= 4 is 0 Å². The summed E-state index contributed by atoms with van der Waals surface area (Å²) in [5.41, 5.74) is 2.89. The summed E-state index contributed by atoms with van der Waals surface area (Å²) < 4.78 is 0. The maximum atomic E-state index is 3.74. The topological polar surface area (TPSA) is 12.0 Å². The standard InChI is InChI=1S/C19H33N/c1-7-12-20-19(16(6)14(2)3)13-17-8-10-18(11-9-17)15(4)5/h8-11,14-16,19-20H,7,12-13H2,1-6H3. The summed E-state index contributed by atoms with van der Waals surface area (Å²) in [6.07, 6.45) is 2.34. The summed E-state index contributed by atoms with van der Waals surface area (Å²) in [4.78, 5) is 0. The molecule has 2 atom stereocenters. The van der Waals surface area contributed by atoms with Crippen LogP contribution in [0.3, 0.4) is 0 Å². The highest BCUT2D eigenvalue weighted by molar-refractivity contribution is 5.25. The third-order valence-corrected chi connectivity index (χ3v) is 4.44. The van der Waals surface area contributed by atoms with Gasteiger partial charge in [-0.25, -0.2) is 0 Å². The molecule has 0 bridgehead atoms. The van der Waals surface area contributed by atoms with Gasteiger partial charge in [-0.15, -0.1) is 0 Å². The van der Waals surface area contributed by atoms with E-state index in [1.165, 1.54) is 17.5 Å². The summed E-state index contributed by atoms with van der Waals surface area (Å²) in [6.45, 7) is 14.9. The van der Waals surface area contributed by atoms with E-state index < -0.39 is 0 Å². The highest BCUT2D eigenvalue weighted by Gasteiger charge is 2.19. The van der Waals surface area contributed by atoms with Gasteiger partial charge in [0.05, 0.1) is 0 Å². The van der Waals surface area contributed by atoms with Gasteiger partial charge in [-0.3, -0.25) is 0 Å². The van der Waals surface area contributed by atoms with E-state index in [0.717, 1.165) is 18.9 Å². The zero-order chi connectivity index (χ0) is 15.1. The molecule has 0 saturated carbocycles. The molecule has 0 radical (unpaired) electrons. The fraction of sp³-hybridized carbons (Fsp3) is 0.684. The molecule has 1 rings (SSSR count). The second kappa shape index (κ2) is 8.46. The maximum absolute atomic E-state index is 3.74. The van der Waals surface area contributed by atoms with Gasteiger partial charge in [0.15, 0.2) is 0 Å². The van der Waals surface area contributed by atoms with Gasteiger partial charge in [0.2, 0.25) is 0 Å². The Morgan fingerprint density at radius 2 is 1.55 bits per heavy atom. The smallest absolute Gasteiger partial charge is 0.0135 e. The van der Waals surface area contributed by atoms with Crippen LogP contribution in [0.5, 0.6) is 0 Å². The van der Waals surface area contributed by atoms with E-state index in [-0.39, 0.29) is 0 Å². The molecule has 0 aromatic heterocycles. The van der Waals surface area contributed by atoms with Gasteiger partial charge in [0.1, 0.15) is 0 Å². The summed E-state index contributed by atoms with van der Waals surface area (Å²) >= 11 is 0. The van der Waals surface area contributed by atoms with E-state index in [9.17, 15) is 0 Å². The average Bonchev–Trinajstić information content (AvgIpc) is 2.43. The van der Waals surface area contributed by atoms with Crippen LogP contribution in [0.1, 0.15) is 65.0 Å². The van der Waals surface area contributed by atoms with E-state index >= 15 is 0 Å². The second-order valence-electron chi connectivity index (χ2n) is 6.76. The summed E-state index contributed by atoms with van der Waals surface area (Å²) in [5.74, 6) is 2.04. The Morgan fingerprint density at radius 1 is 0.950 bits per heavy atom. The van der Waals surface area contributed by atoms with E-state index in [1.807, 2.05) is 0 Å². The normalized spacial score (nSPS) is 14.8. The first-order chi connectivity index (χ1) is 9.45. The van der Waals surface area contributed by atoms with Crippen LogP contribution < -0.4 is 5.32 Å². The molecule has 2 unspecified atom stereocenters. The first kappa shape index (κ1) is 17.2. The molecular weight excluding hydrogens is 242 g/mol. The molecule has 0 amide bonds. The molecule has 0 heterocycles. The molecule has 0 aliphatic carbocycles. The fourth-order valence-corrected chi connectivity index (χ4v) is 2.53. The zero-order valence-electron chi connectivity index (χ0n) is 14.2. The van der Waals surface area contributed by atoms with Crippen LogP contribution in [0, 0.1) is 11.8 Å². The van der Waals surface area contributed by atoms with Crippen LogP contribution in [0.15, 0.2) is 24.3 Å². The van der Waals surface area contributed by atoms with Gasteiger partial charge in [-0.1, -0.05) is 65.8 Å². The van der Waals surface area contributed by atoms with Crippen molar-refractivity contribution in [3.8, 4) is 0 Å². The molecule has 1 aromatic rings. The van der Waals surface area contributed by atoms with Crippen molar-refractivity contribution in [2.24, 2.45) is 11.8 Å². The molecular formula is C19H33N. The van der Waals surface area contributed by atoms with Crippen molar-refractivity contribution in [1.29, 1.82) is 0 Å². The van der Waals surface area contributed by atoms with Crippen LogP contribution in [-0.4, -0.2) is 12.6 Å². The predicted octanol–water partition coefficient (Wildman–Crippen LogP) is 5.01. The van der Waals surface area contributed by atoms with Crippen molar-refractivity contribution in [1.82, 2.24) is 5.32 Å². The Kier molecular flexibility index (Phi) is 7.29. The average molecular weight is 275 g/mol. The van der Waals surface area contributed by atoms with Crippen molar-refractivity contribution in [3.63, 3.8) is 0 Å². The number of benzene rings is 1. The predicted molar refractivity (Wildman–Crippen MR) is 90.3 cm³/mol. The molecule has 20 heavy (non-hydrogen) atoms. The lowest BCUT2D eigenvalue weighted by Gasteiger charge is -2.28. The lowest BCUT2D eigenvalue weighted by molar-refractivity contribution is 0.297. The van der Waals surface area contributed by atoms with Crippen molar-refractivity contribution < 1.29 is 0 Å². The third-order valence-electron chi connectivity index (χ3n) is 4.44. The van der Waals surface area contributed by atoms with Gasteiger partial charge in [-0.05, 0) is 48.3 Å². The number of nitrogens with one attached hydrogen (secondary N) is 1. The minimum atomic E-state index is 0.583. The first-order valence-electron chi connectivity index (χ1n) is 8.27. The van der Waals surface area contributed by atoms with E-state index in [4.69, 9.17) is 0 Å². The van der Waals surface area contributed by atoms with E-state index in [2.05, 4.69) is 71.1 Å². The minimum Gasteiger partial charge on any atom is -0.313 e. The van der Waals surface area contributed by atoms with Gasteiger partial charge >= 0.3 is 0 Å². The Hall–Kier alpha value is -0.820. The van der Waals surface area contributed by atoms with Gasteiger partial charge in [0.25, 0.3) is 0 Å². The van der Waals surface area contributed by atoms with Gasteiger partial charge < -0.3 is 5.32 Å². The lowest BCUT2D eigenvalue weighted by Crippen LogP contribution is -2.39.